The van der Waals surface area contributed by atoms with Gasteiger partial charge >= 0.3 is 23.9 Å². The molecule has 0 aromatic rings. The first-order chi connectivity index (χ1) is 12.0. The number of Topliss-reactive ketones (excluding diaryl/α,β-unsaturated/α-hetero) is 1. The topological polar surface area (TPSA) is 97.7 Å². The summed E-state index contributed by atoms with van der Waals surface area (Å²) in [6.07, 6.45) is -12.5. The Morgan fingerprint density at radius 3 is 2.15 bits per heavy atom. The number of carbonyl (C=O) groups excluding carboxylic acids is 2. The Balaban J connectivity index is 2.03. The molecule has 4 fully saturated rings. The van der Waals surface area contributed by atoms with Crippen molar-refractivity contribution >= 4 is 21.9 Å². The molecule has 4 bridgehead atoms. The molecular formula is C14H14F6O6S. The molecule has 4 atom stereocenters. The van der Waals surface area contributed by atoms with Crippen LogP contribution in [0.15, 0.2) is 0 Å². The third-order valence-electron chi connectivity index (χ3n) is 5.84. The third kappa shape index (κ3) is 2.93. The lowest BCUT2D eigenvalue weighted by molar-refractivity contribution is -0.363. The van der Waals surface area contributed by atoms with Crippen LogP contribution in [0.25, 0.3) is 0 Å². The standard InChI is InChI=1S/C14H14F6O6S/c15-13(16,17)12(14(18,19)20,5-27(23,24)25)26-10(22)11-3-6-1-7(4-11)9(21)8(11)2-6/h6-8H,1-5H2,(H,23,24,25). The van der Waals surface area contributed by atoms with Crippen molar-refractivity contribution in [1.82, 2.24) is 0 Å². The molecular weight excluding hydrogens is 410 g/mol. The lowest BCUT2D eigenvalue weighted by atomic mass is 9.75. The second-order valence-electron chi connectivity index (χ2n) is 7.49. The molecule has 0 radical (unpaired) electrons. The monoisotopic (exact) mass is 424 g/mol. The zero-order chi connectivity index (χ0) is 20.6. The molecule has 154 valence electrons. The first-order valence-electron chi connectivity index (χ1n) is 7.88. The average Bonchev–Trinajstić information content (AvgIpc) is 2.82. The first-order valence-corrected chi connectivity index (χ1v) is 9.49. The van der Waals surface area contributed by atoms with Gasteiger partial charge in [-0.25, -0.2) is 0 Å². The zero-order valence-corrected chi connectivity index (χ0v) is 14.2. The van der Waals surface area contributed by atoms with Gasteiger partial charge < -0.3 is 4.74 Å². The molecule has 4 aliphatic carbocycles. The van der Waals surface area contributed by atoms with E-state index in [1.807, 2.05) is 0 Å². The van der Waals surface area contributed by atoms with Gasteiger partial charge in [-0.3, -0.25) is 14.1 Å². The molecule has 0 aliphatic heterocycles. The van der Waals surface area contributed by atoms with Crippen molar-refractivity contribution in [3.63, 3.8) is 0 Å². The fourth-order valence-electron chi connectivity index (χ4n) is 4.82. The summed E-state index contributed by atoms with van der Waals surface area (Å²) >= 11 is 0. The predicted octanol–water partition coefficient (Wildman–Crippen LogP) is 2.29. The second-order valence-corrected chi connectivity index (χ2v) is 8.94. The summed E-state index contributed by atoms with van der Waals surface area (Å²) < 4.78 is 114. The normalized spacial score (nSPS) is 33.6. The van der Waals surface area contributed by atoms with Crippen molar-refractivity contribution in [2.75, 3.05) is 5.75 Å². The van der Waals surface area contributed by atoms with E-state index in [-0.39, 0.29) is 31.0 Å². The van der Waals surface area contributed by atoms with Crippen molar-refractivity contribution in [3.8, 4) is 0 Å². The summed E-state index contributed by atoms with van der Waals surface area (Å²) in [5.74, 6) is -7.04. The van der Waals surface area contributed by atoms with Crippen molar-refractivity contribution in [3.05, 3.63) is 0 Å². The maximum atomic E-state index is 13.3. The van der Waals surface area contributed by atoms with E-state index in [9.17, 15) is 44.3 Å². The molecule has 4 aliphatic rings. The van der Waals surface area contributed by atoms with Crippen molar-refractivity contribution in [2.24, 2.45) is 23.2 Å². The van der Waals surface area contributed by atoms with Gasteiger partial charge in [-0.1, -0.05) is 0 Å². The van der Waals surface area contributed by atoms with E-state index in [1.165, 1.54) is 0 Å². The SMILES string of the molecule is O=C1C2CC3CC1C(C(=O)OC(CS(=O)(=O)O)(C(F)(F)F)C(F)(F)F)(C3)C2. The molecule has 0 saturated heterocycles. The number of hydrogen-bond donors (Lipinski definition) is 1. The summed E-state index contributed by atoms with van der Waals surface area (Å²) in [5, 5.41) is 0. The number of ether oxygens (including phenoxy) is 1. The molecule has 4 unspecified atom stereocenters. The lowest BCUT2D eigenvalue weighted by Crippen LogP contribution is -2.64. The highest BCUT2D eigenvalue weighted by Crippen LogP contribution is 2.65. The molecule has 6 nitrogen and oxygen atoms in total. The molecule has 0 aromatic heterocycles. The summed E-state index contributed by atoms with van der Waals surface area (Å²) in [6, 6.07) is 0. The third-order valence-corrected chi connectivity index (χ3v) is 6.61. The van der Waals surface area contributed by atoms with Gasteiger partial charge in [0.05, 0.1) is 5.41 Å². The van der Waals surface area contributed by atoms with E-state index >= 15 is 0 Å². The number of halogens is 6. The van der Waals surface area contributed by atoms with Crippen molar-refractivity contribution < 1.29 is 53.6 Å². The highest BCUT2D eigenvalue weighted by Gasteiger charge is 2.77. The Labute approximate surface area is 149 Å². The molecule has 0 heterocycles. The van der Waals surface area contributed by atoms with Crippen LogP contribution in [0, 0.1) is 23.2 Å². The van der Waals surface area contributed by atoms with Crippen LogP contribution in [0.4, 0.5) is 26.3 Å². The molecule has 0 aromatic carbocycles. The van der Waals surface area contributed by atoms with Gasteiger partial charge in [-0.2, -0.15) is 34.8 Å². The van der Waals surface area contributed by atoms with Crippen LogP contribution in [0.1, 0.15) is 25.7 Å². The predicted molar refractivity (Wildman–Crippen MR) is 73.7 cm³/mol. The molecule has 4 rings (SSSR count). The van der Waals surface area contributed by atoms with E-state index in [4.69, 9.17) is 4.55 Å². The Morgan fingerprint density at radius 1 is 1.11 bits per heavy atom. The van der Waals surface area contributed by atoms with Crippen molar-refractivity contribution in [1.29, 1.82) is 0 Å². The van der Waals surface area contributed by atoms with Crippen LogP contribution in [-0.2, 0) is 24.4 Å². The maximum absolute atomic E-state index is 13.3. The summed E-state index contributed by atoms with van der Waals surface area (Å²) in [6.45, 7) is 0. The number of hydrogen-bond acceptors (Lipinski definition) is 5. The first kappa shape index (κ1) is 20.4. The van der Waals surface area contributed by atoms with Crippen LogP contribution < -0.4 is 0 Å². The molecule has 13 heteroatoms. The highest BCUT2D eigenvalue weighted by molar-refractivity contribution is 7.85. The fraction of sp³-hybridized carbons (Fsp3) is 0.857. The molecule has 0 amide bonds. The Morgan fingerprint density at radius 2 is 1.67 bits per heavy atom. The molecule has 0 spiro atoms. The van der Waals surface area contributed by atoms with E-state index in [1.54, 1.807) is 0 Å². The minimum atomic E-state index is -6.37. The van der Waals surface area contributed by atoms with Gasteiger partial charge in [0.1, 0.15) is 11.5 Å². The minimum absolute atomic E-state index is 0.0869. The van der Waals surface area contributed by atoms with Gasteiger partial charge in [0.2, 0.25) is 0 Å². The van der Waals surface area contributed by atoms with Crippen LogP contribution in [0.3, 0.4) is 0 Å². The smallest absolute Gasteiger partial charge is 0.438 e. The van der Waals surface area contributed by atoms with Gasteiger partial charge in [0, 0.05) is 11.8 Å². The van der Waals surface area contributed by atoms with E-state index in [2.05, 4.69) is 4.74 Å². The number of rotatable bonds is 4. The number of alkyl halides is 6. The lowest BCUT2D eigenvalue weighted by Gasteiger charge is -2.39. The Kier molecular flexibility index (Phi) is 4.21. The number of carbonyl (C=O) groups is 2. The van der Waals surface area contributed by atoms with Gasteiger partial charge in [0.25, 0.3) is 10.1 Å². The molecule has 1 N–H and O–H groups in total. The number of esters is 1. The maximum Gasteiger partial charge on any atom is 0.438 e. The Bertz CT molecular complexity index is 773. The summed E-state index contributed by atoms with van der Waals surface area (Å²) in [7, 11) is -5.84. The van der Waals surface area contributed by atoms with Gasteiger partial charge in [-0.15, -0.1) is 0 Å². The van der Waals surface area contributed by atoms with Crippen LogP contribution in [0.5, 0.6) is 0 Å². The fourth-order valence-corrected chi connectivity index (χ4v) is 5.72. The largest absolute Gasteiger partial charge is 0.438 e. The van der Waals surface area contributed by atoms with E-state index in [0.29, 0.717) is 6.42 Å². The average molecular weight is 424 g/mol. The Hall–Kier alpha value is -1.37. The van der Waals surface area contributed by atoms with Crippen LogP contribution >= 0.6 is 0 Å². The second kappa shape index (κ2) is 5.58. The zero-order valence-electron chi connectivity index (χ0n) is 13.4. The molecule has 4 saturated carbocycles. The van der Waals surface area contributed by atoms with E-state index in [0.717, 1.165) is 0 Å². The van der Waals surface area contributed by atoms with E-state index < -0.39 is 57.0 Å². The minimum Gasteiger partial charge on any atom is -0.438 e. The van der Waals surface area contributed by atoms with Crippen LogP contribution in [-0.4, -0.2) is 48.4 Å². The van der Waals surface area contributed by atoms with Gasteiger partial charge in [-0.05, 0) is 31.6 Å². The quantitative estimate of drug-likeness (QED) is 0.423. The van der Waals surface area contributed by atoms with Crippen molar-refractivity contribution in [2.45, 2.75) is 43.6 Å². The highest BCUT2D eigenvalue weighted by atomic mass is 32.2. The number of ketones is 1. The molecule has 27 heavy (non-hydrogen) atoms. The van der Waals surface area contributed by atoms with Crippen LogP contribution in [0.2, 0.25) is 0 Å². The summed E-state index contributed by atoms with van der Waals surface area (Å²) in [4.78, 5) is 24.6. The van der Waals surface area contributed by atoms with Gasteiger partial charge in [0.15, 0.2) is 0 Å². The summed E-state index contributed by atoms with van der Waals surface area (Å²) in [5.41, 5.74) is -7.24.